The van der Waals surface area contributed by atoms with E-state index in [1.165, 1.54) is 77.0 Å². The normalized spacial score (nSPS) is 43.3. The Labute approximate surface area is 187 Å². The molecule has 0 aliphatic heterocycles. The minimum Gasteiger partial charge on any atom is -0.375 e. The van der Waals surface area contributed by atoms with Gasteiger partial charge in [-0.1, -0.05) is 58.6 Å². The second kappa shape index (κ2) is 8.92. The topological polar surface area (TPSA) is 9.23 Å². The van der Waals surface area contributed by atoms with E-state index in [9.17, 15) is 0 Å². The van der Waals surface area contributed by atoms with Gasteiger partial charge in [0.2, 0.25) is 0 Å². The van der Waals surface area contributed by atoms with Crippen molar-refractivity contribution in [2.45, 2.75) is 131 Å². The number of allylic oxidation sites excluding steroid dienone is 1. The summed E-state index contributed by atoms with van der Waals surface area (Å²) in [7, 11) is 0. The van der Waals surface area contributed by atoms with Gasteiger partial charge < -0.3 is 4.74 Å². The predicted molar refractivity (Wildman–Crippen MR) is 129 cm³/mol. The Morgan fingerprint density at radius 2 is 1.77 bits per heavy atom. The van der Waals surface area contributed by atoms with Gasteiger partial charge in [-0.05, 0) is 112 Å². The molecule has 0 spiro atoms. The van der Waals surface area contributed by atoms with Gasteiger partial charge in [-0.15, -0.1) is 0 Å². The standard InChI is InChI=1S/C29H50O/c1-20(2)9-7-8-10-22-12-14-26-25-13-11-23-19-24(30-21(3)4)15-17-29(23,6)27(25)16-18-28(22,26)5/h11,20-22,24-27H,7-10,12-19H2,1-6H3/t22-,24-,25?,26?,27?,28+,29-/m0/s1. The van der Waals surface area contributed by atoms with E-state index in [1.54, 1.807) is 5.57 Å². The van der Waals surface area contributed by atoms with Gasteiger partial charge in [-0.25, -0.2) is 0 Å². The molecule has 172 valence electrons. The van der Waals surface area contributed by atoms with Crippen molar-refractivity contribution >= 4 is 0 Å². The van der Waals surface area contributed by atoms with Gasteiger partial charge in [0.25, 0.3) is 0 Å². The highest BCUT2D eigenvalue weighted by atomic mass is 16.5. The zero-order chi connectivity index (χ0) is 21.5. The van der Waals surface area contributed by atoms with Crippen molar-refractivity contribution in [3.63, 3.8) is 0 Å². The van der Waals surface area contributed by atoms with Crippen LogP contribution in [-0.4, -0.2) is 12.2 Å². The highest BCUT2D eigenvalue weighted by Crippen LogP contribution is 2.66. The number of rotatable bonds is 7. The van der Waals surface area contributed by atoms with Gasteiger partial charge in [0.05, 0.1) is 12.2 Å². The molecule has 0 N–H and O–H groups in total. The Morgan fingerprint density at radius 3 is 2.50 bits per heavy atom. The molecule has 1 heteroatoms. The van der Waals surface area contributed by atoms with Crippen LogP contribution in [0.15, 0.2) is 11.6 Å². The number of unbranched alkanes of at least 4 members (excludes halogenated alkanes) is 1. The van der Waals surface area contributed by atoms with Crippen LogP contribution in [0.2, 0.25) is 0 Å². The molecule has 0 amide bonds. The summed E-state index contributed by atoms with van der Waals surface area (Å²) in [5.41, 5.74) is 2.88. The van der Waals surface area contributed by atoms with E-state index in [0.29, 0.717) is 23.0 Å². The molecule has 3 unspecified atom stereocenters. The Balaban J connectivity index is 1.43. The molecule has 30 heavy (non-hydrogen) atoms. The van der Waals surface area contributed by atoms with Crippen LogP contribution in [0.25, 0.3) is 0 Å². The van der Waals surface area contributed by atoms with Crippen molar-refractivity contribution in [2.75, 3.05) is 0 Å². The van der Waals surface area contributed by atoms with Gasteiger partial charge in [-0.3, -0.25) is 0 Å². The lowest BCUT2D eigenvalue weighted by atomic mass is 9.47. The molecule has 0 bridgehead atoms. The fraction of sp³-hybridized carbons (Fsp3) is 0.931. The summed E-state index contributed by atoms with van der Waals surface area (Å²) in [5, 5.41) is 0. The van der Waals surface area contributed by atoms with E-state index in [0.717, 1.165) is 29.6 Å². The maximum atomic E-state index is 6.24. The molecule has 4 aliphatic rings. The third-order valence-electron chi connectivity index (χ3n) is 10.3. The molecular formula is C29H50O. The van der Waals surface area contributed by atoms with E-state index in [2.05, 4.69) is 47.6 Å². The van der Waals surface area contributed by atoms with Crippen molar-refractivity contribution in [3.05, 3.63) is 11.6 Å². The largest absolute Gasteiger partial charge is 0.375 e. The van der Waals surface area contributed by atoms with Gasteiger partial charge in [0, 0.05) is 0 Å². The summed E-state index contributed by atoms with van der Waals surface area (Å²) in [6.45, 7) is 14.5. The Morgan fingerprint density at radius 1 is 0.967 bits per heavy atom. The first kappa shape index (κ1) is 22.9. The van der Waals surface area contributed by atoms with Crippen molar-refractivity contribution < 1.29 is 4.74 Å². The van der Waals surface area contributed by atoms with E-state index >= 15 is 0 Å². The first-order valence-corrected chi connectivity index (χ1v) is 13.6. The first-order valence-electron chi connectivity index (χ1n) is 13.6. The fourth-order valence-corrected chi connectivity index (χ4v) is 8.65. The minimum absolute atomic E-state index is 0.364. The van der Waals surface area contributed by atoms with Crippen LogP contribution < -0.4 is 0 Å². The lowest BCUT2D eigenvalue weighted by Crippen LogP contribution is -2.50. The smallest absolute Gasteiger partial charge is 0.0616 e. The molecule has 3 saturated carbocycles. The minimum atomic E-state index is 0.364. The van der Waals surface area contributed by atoms with Crippen LogP contribution in [0.1, 0.15) is 119 Å². The van der Waals surface area contributed by atoms with Gasteiger partial charge in [0.1, 0.15) is 0 Å². The van der Waals surface area contributed by atoms with Crippen molar-refractivity contribution in [1.82, 2.24) is 0 Å². The average Bonchev–Trinajstić information content (AvgIpc) is 3.01. The van der Waals surface area contributed by atoms with Crippen LogP contribution in [-0.2, 0) is 4.74 Å². The summed E-state index contributed by atoms with van der Waals surface area (Å²) in [4.78, 5) is 0. The zero-order valence-electron chi connectivity index (χ0n) is 21.0. The maximum absolute atomic E-state index is 6.24. The molecule has 4 aliphatic carbocycles. The van der Waals surface area contributed by atoms with E-state index in [1.807, 2.05) is 0 Å². The quantitative estimate of drug-likeness (QED) is 0.299. The van der Waals surface area contributed by atoms with Crippen LogP contribution >= 0.6 is 0 Å². The molecule has 3 fully saturated rings. The first-order chi connectivity index (χ1) is 14.2. The summed E-state index contributed by atoms with van der Waals surface area (Å²) < 4.78 is 6.24. The SMILES string of the molecule is CC(C)CCCC[C@H]1CCC2C3CC=C4C[C@@H](OC(C)C)CC[C@]4(C)C3CC[C@@]21C. The second-order valence-electron chi connectivity index (χ2n) is 12.8. The van der Waals surface area contributed by atoms with Crippen LogP contribution in [0, 0.1) is 40.4 Å². The Bertz CT molecular complexity index is 618. The Kier molecular flexibility index (Phi) is 6.80. The fourth-order valence-electron chi connectivity index (χ4n) is 8.65. The number of hydrogen-bond acceptors (Lipinski definition) is 1. The lowest BCUT2D eigenvalue weighted by molar-refractivity contribution is -0.0668. The second-order valence-corrected chi connectivity index (χ2v) is 12.8. The van der Waals surface area contributed by atoms with Crippen molar-refractivity contribution in [3.8, 4) is 0 Å². The van der Waals surface area contributed by atoms with Gasteiger partial charge >= 0.3 is 0 Å². The lowest BCUT2D eigenvalue weighted by Gasteiger charge is -2.58. The van der Waals surface area contributed by atoms with E-state index < -0.39 is 0 Å². The highest BCUT2D eigenvalue weighted by molar-refractivity contribution is 5.25. The maximum Gasteiger partial charge on any atom is 0.0616 e. The molecule has 0 heterocycles. The molecule has 0 aromatic carbocycles. The molecule has 1 nitrogen and oxygen atoms in total. The molecule has 0 aromatic heterocycles. The van der Waals surface area contributed by atoms with E-state index in [-0.39, 0.29) is 0 Å². The van der Waals surface area contributed by atoms with Crippen molar-refractivity contribution in [1.29, 1.82) is 0 Å². The van der Waals surface area contributed by atoms with Crippen LogP contribution in [0.5, 0.6) is 0 Å². The molecule has 0 radical (unpaired) electrons. The monoisotopic (exact) mass is 414 g/mol. The van der Waals surface area contributed by atoms with E-state index in [4.69, 9.17) is 4.74 Å². The van der Waals surface area contributed by atoms with Crippen LogP contribution in [0.4, 0.5) is 0 Å². The predicted octanol–water partition coefficient (Wildman–Crippen LogP) is 8.58. The highest BCUT2D eigenvalue weighted by Gasteiger charge is 2.58. The number of fused-ring (bicyclic) bond motifs is 5. The van der Waals surface area contributed by atoms with Gasteiger partial charge in [-0.2, -0.15) is 0 Å². The zero-order valence-corrected chi connectivity index (χ0v) is 21.0. The van der Waals surface area contributed by atoms with Crippen LogP contribution in [0.3, 0.4) is 0 Å². The third-order valence-corrected chi connectivity index (χ3v) is 10.3. The summed E-state index contributed by atoms with van der Waals surface area (Å²) in [6, 6.07) is 0. The summed E-state index contributed by atoms with van der Waals surface area (Å²) in [6.07, 6.45) is 20.6. The number of ether oxygens (including phenoxy) is 1. The number of hydrogen-bond donors (Lipinski definition) is 0. The molecule has 0 saturated heterocycles. The molecular weight excluding hydrogens is 364 g/mol. The third kappa shape index (κ3) is 4.18. The van der Waals surface area contributed by atoms with Crippen molar-refractivity contribution in [2.24, 2.45) is 40.4 Å². The molecule has 7 atom stereocenters. The molecule has 4 rings (SSSR count). The average molecular weight is 415 g/mol. The Hall–Kier alpha value is -0.300. The molecule has 0 aromatic rings. The summed E-state index contributed by atoms with van der Waals surface area (Å²) in [5.74, 6) is 4.77. The van der Waals surface area contributed by atoms with Gasteiger partial charge in [0.15, 0.2) is 0 Å². The summed E-state index contributed by atoms with van der Waals surface area (Å²) >= 11 is 0.